The van der Waals surface area contributed by atoms with Gasteiger partial charge in [0.15, 0.2) is 5.96 Å². The maximum atomic E-state index is 4.65. The number of hydrogen-bond donors (Lipinski definition) is 2. The lowest BCUT2D eigenvalue weighted by molar-refractivity contribution is 0.259. The molecular weight excluding hydrogens is 280 g/mol. The van der Waals surface area contributed by atoms with Crippen LogP contribution in [0.2, 0.25) is 0 Å². The van der Waals surface area contributed by atoms with Gasteiger partial charge in [-0.05, 0) is 45.2 Å². The second-order valence-corrected chi connectivity index (χ2v) is 6.29. The number of aliphatic imine (C=N–C) groups is 1. The van der Waals surface area contributed by atoms with E-state index in [-0.39, 0.29) is 0 Å². The molecule has 0 fully saturated rings. The first kappa shape index (κ1) is 18.0. The number of guanidine groups is 1. The topological polar surface area (TPSA) is 39.7 Å². The van der Waals surface area contributed by atoms with Gasteiger partial charge in [-0.3, -0.25) is 4.99 Å². The zero-order chi connectivity index (χ0) is 15.5. The van der Waals surface area contributed by atoms with Crippen LogP contribution in [0.25, 0.3) is 0 Å². The highest BCUT2D eigenvalue weighted by Gasteiger charge is 2.05. The van der Waals surface area contributed by atoms with E-state index < -0.39 is 0 Å². The van der Waals surface area contributed by atoms with E-state index in [9.17, 15) is 0 Å². The summed E-state index contributed by atoms with van der Waals surface area (Å²) in [6.45, 7) is 10.2. The van der Waals surface area contributed by atoms with Crippen molar-refractivity contribution in [1.82, 2.24) is 15.5 Å². The molecule has 0 aliphatic heterocycles. The van der Waals surface area contributed by atoms with Gasteiger partial charge < -0.3 is 15.5 Å². The molecule has 0 spiro atoms. The molecule has 5 heteroatoms. The van der Waals surface area contributed by atoms with Crippen molar-refractivity contribution < 1.29 is 0 Å². The first-order chi connectivity index (χ1) is 10.2. The summed E-state index contributed by atoms with van der Waals surface area (Å²) in [7, 11) is 2.17. The number of likely N-dealkylation sites (N-methyl/N-ethyl adjacent to an activating group) is 1. The maximum absolute atomic E-state index is 4.65. The molecule has 0 aliphatic rings. The van der Waals surface area contributed by atoms with Crippen molar-refractivity contribution in [1.29, 1.82) is 0 Å². The van der Waals surface area contributed by atoms with Gasteiger partial charge in [0.1, 0.15) is 0 Å². The number of nitrogens with one attached hydrogen (secondary N) is 2. The fourth-order valence-corrected chi connectivity index (χ4v) is 2.66. The van der Waals surface area contributed by atoms with Gasteiger partial charge in [-0.15, -0.1) is 11.3 Å². The molecule has 1 atom stereocenters. The Hall–Kier alpha value is -1.07. The minimum absolute atomic E-state index is 0.620. The molecule has 0 saturated heterocycles. The standard InChI is InChI=1S/C16H30N4S/c1-5-14(3)20(4)12-11-19-16(17-6-2)18-10-9-15-8-7-13-21-15/h7-8,13-14H,5-6,9-12H2,1-4H3,(H2,17,18,19). The molecule has 21 heavy (non-hydrogen) atoms. The summed E-state index contributed by atoms with van der Waals surface area (Å²) in [4.78, 5) is 8.42. The number of nitrogens with zero attached hydrogens (tertiary/aromatic N) is 2. The highest BCUT2D eigenvalue weighted by atomic mass is 32.1. The molecule has 0 radical (unpaired) electrons. The molecule has 1 aromatic rings. The van der Waals surface area contributed by atoms with Gasteiger partial charge in [-0.25, -0.2) is 0 Å². The Labute approximate surface area is 133 Å². The summed E-state index contributed by atoms with van der Waals surface area (Å²) in [6, 6.07) is 4.90. The molecule has 1 aromatic heterocycles. The van der Waals surface area contributed by atoms with Crippen LogP contribution in [-0.2, 0) is 6.42 Å². The van der Waals surface area contributed by atoms with E-state index in [1.807, 2.05) is 11.3 Å². The third-order valence-electron chi connectivity index (χ3n) is 3.65. The van der Waals surface area contributed by atoms with Crippen molar-refractivity contribution in [2.45, 2.75) is 39.7 Å². The van der Waals surface area contributed by atoms with Crippen LogP contribution in [0.4, 0.5) is 0 Å². The summed E-state index contributed by atoms with van der Waals surface area (Å²) in [5.41, 5.74) is 0. The van der Waals surface area contributed by atoms with E-state index in [0.717, 1.165) is 38.6 Å². The van der Waals surface area contributed by atoms with Crippen LogP contribution in [0.1, 0.15) is 32.1 Å². The maximum Gasteiger partial charge on any atom is 0.191 e. The molecule has 2 N–H and O–H groups in total. The molecule has 1 unspecified atom stereocenters. The monoisotopic (exact) mass is 310 g/mol. The second kappa shape index (κ2) is 10.6. The third-order valence-corrected chi connectivity index (χ3v) is 4.59. The van der Waals surface area contributed by atoms with E-state index in [1.165, 1.54) is 11.3 Å². The first-order valence-electron chi connectivity index (χ1n) is 7.92. The molecule has 0 aromatic carbocycles. The summed E-state index contributed by atoms with van der Waals surface area (Å²) in [5.74, 6) is 0.923. The van der Waals surface area contributed by atoms with Crippen molar-refractivity contribution in [3.05, 3.63) is 22.4 Å². The zero-order valence-corrected chi connectivity index (χ0v) is 14.7. The Morgan fingerprint density at radius 3 is 2.81 bits per heavy atom. The number of thiophene rings is 1. The molecular formula is C16H30N4S. The molecule has 4 nitrogen and oxygen atoms in total. The van der Waals surface area contributed by atoms with Crippen LogP contribution >= 0.6 is 11.3 Å². The smallest absolute Gasteiger partial charge is 0.191 e. The summed E-state index contributed by atoms with van der Waals surface area (Å²) >= 11 is 1.81. The molecule has 1 rings (SSSR count). The van der Waals surface area contributed by atoms with Gasteiger partial charge >= 0.3 is 0 Å². The van der Waals surface area contributed by atoms with E-state index in [1.54, 1.807) is 0 Å². The summed E-state index contributed by atoms with van der Waals surface area (Å²) in [6.07, 6.45) is 2.23. The zero-order valence-electron chi connectivity index (χ0n) is 13.9. The minimum atomic E-state index is 0.620. The Bertz CT molecular complexity index is 389. The Morgan fingerprint density at radius 1 is 1.38 bits per heavy atom. The number of hydrogen-bond acceptors (Lipinski definition) is 3. The van der Waals surface area contributed by atoms with E-state index in [0.29, 0.717) is 6.04 Å². The average molecular weight is 311 g/mol. The largest absolute Gasteiger partial charge is 0.357 e. The molecule has 0 bridgehead atoms. The van der Waals surface area contributed by atoms with Crippen LogP contribution < -0.4 is 10.6 Å². The van der Waals surface area contributed by atoms with Crippen LogP contribution in [0, 0.1) is 0 Å². The lowest BCUT2D eigenvalue weighted by atomic mass is 10.2. The van der Waals surface area contributed by atoms with Crippen molar-refractivity contribution in [3.8, 4) is 0 Å². The first-order valence-corrected chi connectivity index (χ1v) is 8.80. The van der Waals surface area contributed by atoms with Gasteiger partial charge in [0.25, 0.3) is 0 Å². The predicted molar refractivity (Wildman–Crippen MR) is 94.4 cm³/mol. The van der Waals surface area contributed by atoms with Crippen LogP contribution in [0.15, 0.2) is 22.5 Å². The lowest BCUT2D eigenvalue weighted by Crippen LogP contribution is -2.39. The van der Waals surface area contributed by atoms with Gasteiger partial charge in [-0.2, -0.15) is 0 Å². The average Bonchev–Trinajstić information content (AvgIpc) is 2.99. The van der Waals surface area contributed by atoms with Crippen molar-refractivity contribution in [2.24, 2.45) is 4.99 Å². The summed E-state index contributed by atoms with van der Waals surface area (Å²) < 4.78 is 0. The highest BCUT2D eigenvalue weighted by molar-refractivity contribution is 7.09. The van der Waals surface area contributed by atoms with Crippen LogP contribution in [-0.4, -0.2) is 50.1 Å². The molecule has 1 heterocycles. The normalized spacial score (nSPS) is 13.5. The van der Waals surface area contributed by atoms with Crippen LogP contribution in [0.5, 0.6) is 0 Å². The second-order valence-electron chi connectivity index (χ2n) is 5.25. The van der Waals surface area contributed by atoms with Gasteiger partial charge in [0, 0.05) is 30.6 Å². The third kappa shape index (κ3) is 7.48. The van der Waals surface area contributed by atoms with E-state index in [4.69, 9.17) is 0 Å². The Balaban J connectivity index is 2.31. The fourth-order valence-electron chi connectivity index (χ4n) is 1.95. The van der Waals surface area contributed by atoms with Gasteiger partial charge in [0.2, 0.25) is 0 Å². The number of rotatable bonds is 9. The Kier molecular flexibility index (Phi) is 9.10. The molecule has 0 amide bonds. The van der Waals surface area contributed by atoms with Crippen molar-refractivity contribution >= 4 is 17.3 Å². The van der Waals surface area contributed by atoms with Gasteiger partial charge in [0.05, 0.1) is 6.54 Å². The quantitative estimate of drug-likeness (QED) is 0.544. The summed E-state index contributed by atoms with van der Waals surface area (Å²) in [5, 5.41) is 8.83. The molecule has 120 valence electrons. The Morgan fingerprint density at radius 2 is 2.19 bits per heavy atom. The van der Waals surface area contributed by atoms with Crippen molar-refractivity contribution in [3.63, 3.8) is 0 Å². The lowest BCUT2D eigenvalue weighted by Gasteiger charge is -2.22. The SMILES string of the molecule is CCNC(=NCCN(C)C(C)CC)NCCc1cccs1. The fraction of sp³-hybridized carbons (Fsp3) is 0.688. The van der Waals surface area contributed by atoms with Crippen molar-refractivity contribution in [2.75, 3.05) is 33.2 Å². The van der Waals surface area contributed by atoms with E-state index in [2.05, 4.69) is 65.9 Å². The highest BCUT2D eigenvalue weighted by Crippen LogP contribution is 2.07. The van der Waals surface area contributed by atoms with E-state index >= 15 is 0 Å². The predicted octanol–water partition coefficient (Wildman–Crippen LogP) is 2.58. The van der Waals surface area contributed by atoms with Crippen LogP contribution in [0.3, 0.4) is 0 Å². The molecule has 0 aliphatic carbocycles. The minimum Gasteiger partial charge on any atom is -0.357 e. The van der Waals surface area contributed by atoms with Gasteiger partial charge in [-0.1, -0.05) is 13.0 Å². The molecule has 0 saturated carbocycles.